The minimum Gasteiger partial charge on any atom is -0.508 e. The molecule has 24 heavy (non-hydrogen) atoms. The van der Waals surface area contributed by atoms with Crippen molar-refractivity contribution < 1.29 is 19.0 Å². The summed E-state index contributed by atoms with van der Waals surface area (Å²) in [5.41, 5.74) is 2.01. The molecule has 0 aliphatic carbocycles. The molecule has 124 valence electrons. The third-order valence-corrected chi connectivity index (χ3v) is 3.75. The molecule has 0 radical (unpaired) electrons. The molecule has 3 nitrogen and oxygen atoms in total. The Morgan fingerprint density at radius 1 is 0.667 bits per heavy atom. The Balaban J connectivity index is 0.000000238. The van der Waals surface area contributed by atoms with E-state index in [1.807, 2.05) is 24.3 Å². The molecule has 0 bridgehead atoms. The predicted molar refractivity (Wildman–Crippen MR) is 92.6 cm³/mol. The van der Waals surface area contributed by atoms with Crippen LogP contribution in [-0.4, -0.2) is 31.5 Å². The van der Waals surface area contributed by atoms with Crippen molar-refractivity contribution in [3.05, 3.63) is 66.5 Å². The van der Waals surface area contributed by atoms with Crippen LogP contribution in [0.2, 0.25) is 0 Å². The zero-order chi connectivity index (χ0) is 16.8. The summed E-state index contributed by atoms with van der Waals surface area (Å²) in [6, 6.07) is 17.6. The van der Waals surface area contributed by atoms with Gasteiger partial charge in [-0.15, -0.1) is 0 Å². The Hall–Kier alpha value is -2.43. The number of aromatic hydroxyl groups is 1. The van der Waals surface area contributed by atoms with Crippen LogP contribution < -0.4 is 0 Å². The monoisotopic (exact) mass is 326 g/mol. The van der Waals surface area contributed by atoms with E-state index < -0.39 is 0 Å². The Kier molecular flexibility index (Phi) is 5.41. The van der Waals surface area contributed by atoms with Crippen LogP contribution in [0.15, 0.2) is 60.7 Å². The molecule has 0 aromatic heterocycles. The Bertz CT molecular complexity index is 784. The third-order valence-electron chi connectivity index (χ3n) is 3.75. The molecule has 3 aromatic carbocycles. The summed E-state index contributed by atoms with van der Waals surface area (Å²) in [6.45, 7) is 3.11. The zero-order valence-electron chi connectivity index (χ0n) is 13.2. The fraction of sp³-hybridized carbons (Fsp3) is 0.200. The van der Waals surface area contributed by atoms with Crippen LogP contribution >= 0.6 is 0 Å². The van der Waals surface area contributed by atoms with Gasteiger partial charge in [-0.2, -0.15) is 0 Å². The van der Waals surface area contributed by atoms with Crippen molar-refractivity contribution in [2.75, 3.05) is 26.4 Å². The van der Waals surface area contributed by atoms with Crippen LogP contribution in [0.25, 0.3) is 21.9 Å². The van der Waals surface area contributed by atoms with Crippen LogP contribution in [0, 0.1) is 5.82 Å². The molecule has 4 rings (SSSR count). The summed E-state index contributed by atoms with van der Waals surface area (Å²) in [5, 5.41) is 11.4. The SMILES string of the molecule is C1COCCO1.Oc1ccc2cc(-c3ccc(F)cc3)ccc2c1. The van der Waals surface area contributed by atoms with Crippen molar-refractivity contribution in [2.45, 2.75) is 0 Å². The van der Waals surface area contributed by atoms with Crippen LogP contribution in [0.1, 0.15) is 0 Å². The standard InChI is InChI=1S/C16H11FO.C4H8O2/c17-15-6-3-11(4-7-15)12-1-2-14-10-16(18)8-5-13(14)9-12;1-2-6-4-3-5-1/h1-10,18H;1-4H2. The van der Waals surface area contributed by atoms with Crippen molar-refractivity contribution >= 4 is 10.8 Å². The molecular weight excluding hydrogens is 307 g/mol. The number of phenols is 1. The first kappa shape index (κ1) is 16.4. The fourth-order valence-corrected chi connectivity index (χ4v) is 2.49. The highest BCUT2D eigenvalue weighted by atomic mass is 19.1. The fourth-order valence-electron chi connectivity index (χ4n) is 2.49. The van der Waals surface area contributed by atoms with Gasteiger partial charge in [0, 0.05) is 0 Å². The van der Waals surface area contributed by atoms with E-state index >= 15 is 0 Å². The second-order valence-corrected chi connectivity index (χ2v) is 5.48. The number of hydrogen-bond acceptors (Lipinski definition) is 3. The van der Waals surface area contributed by atoms with Gasteiger partial charge in [-0.3, -0.25) is 0 Å². The lowest BCUT2D eigenvalue weighted by molar-refractivity contribution is -0.0334. The maximum absolute atomic E-state index is 12.9. The van der Waals surface area contributed by atoms with Crippen LogP contribution in [0.3, 0.4) is 0 Å². The molecular formula is C20H19FO3. The molecule has 0 unspecified atom stereocenters. The van der Waals surface area contributed by atoms with Gasteiger partial charge in [-0.1, -0.05) is 30.3 Å². The van der Waals surface area contributed by atoms with Crippen molar-refractivity contribution in [3.8, 4) is 16.9 Å². The number of fused-ring (bicyclic) bond motifs is 1. The topological polar surface area (TPSA) is 38.7 Å². The summed E-state index contributed by atoms with van der Waals surface area (Å²) in [4.78, 5) is 0. The smallest absolute Gasteiger partial charge is 0.123 e. The first-order chi connectivity index (χ1) is 11.7. The lowest BCUT2D eigenvalue weighted by Gasteiger charge is -2.09. The van der Waals surface area contributed by atoms with Gasteiger partial charge in [0.15, 0.2) is 0 Å². The average molecular weight is 326 g/mol. The molecule has 1 N–H and O–H groups in total. The normalized spacial score (nSPS) is 14.0. The first-order valence-electron chi connectivity index (χ1n) is 7.86. The molecule has 0 spiro atoms. The Morgan fingerprint density at radius 3 is 1.83 bits per heavy atom. The molecule has 1 fully saturated rings. The first-order valence-corrected chi connectivity index (χ1v) is 7.86. The van der Waals surface area contributed by atoms with Crippen molar-refractivity contribution in [1.29, 1.82) is 0 Å². The molecule has 4 heteroatoms. The lowest BCUT2D eigenvalue weighted by Crippen LogP contribution is -2.16. The van der Waals surface area contributed by atoms with Gasteiger partial charge >= 0.3 is 0 Å². The van der Waals surface area contributed by atoms with E-state index in [9.17, 15) is 9.50 Å². The van der Waals surface area contributed by atoms with Crippen molar-refractivity contribution in [1.82, 2.24) is 0 Å². The van der Waals surface area contributed by atoms with Crippen molar-refractivity contribution in [2.24, 2.45) is 0 Å². The number of hydrogen-bond donors (Lipinski definition) is 1. The number of benzene rings is 3. The van der Waals surface area contributed by atoms with E-state index in [0.717, 1.165) is 48.3 Å². The summed E-state index contributed by atoms with van der Waals surface area (Å²) in [7, 11) is 0. The summed E-state index contributed by atoms with van der Waals surface area (Å²) >= 11 is 0. The Labute approximate surface area is 140 Å². The molecule has 0 amide bonds. The van der Waals surface area contributed by atoms with Gasteiger partial charge in [-0.25, -0.2) is 4.39 Å². The van der Waals surface area contributed by atoms with E-state index in [2.05, 4.69) is 0 Å². The summed E-state index contributed by atoms with van der Waals surface area (Å²) < 4.78 is 22.8. The molecule has 0 atom stereocenters. The highest BCUT2D eigenvalue weighted by Crippen LogP contribution is 2.26. The van der Waals surface area contributed by atoms with E-state index in [4.69, 9.17) is 9.47 Å². The largest absolute Gasteiger partial charge is 0.508 e. The second kappa shape index (κ2) is 7.90. The molecule has 1 saturated heterocycles. The molecule has 1 aliphatic rings. The van der Waals surface area contributed by atoms with E-state index in [-0.39, 0.29) is 11.6 Å². The van der Waals surface area contributed by atoms with E-state index in [1.54, 1.807) is 24.3 Å². The van der Waals surface area contributed by atoms with E-state index in [0.29, 0.717) is 0 Å². The van der Waals surface area contributed by atoms with Crippen LogP contribution in [0.5, 0.6) is 5.75 Å². The molecule has 1 aliphatic heterocycles. The lowest BCUT2D eigenvalue weighted by atomic mass is 10.0. The van der Waals surface area contributed by atoms with Gasteiger partial charge in [-0.05, 0) is 52.2 Å². The minimum absolute atomic E-state index is 0.232. The van der Waals surface area contributed by atoms with Gasteiger partial charge in [0.05, 0.1) is 26.4 Å². The maximum Gasteiger partial charge on any atom is 0.123 e. The van der Waals surface area contributed by atoms with Gasteiger partial charge in [0.25, 0.3) is 0 Å². The quantitative estimate of drug-likeness (QED) is 0.721. The summed E-state index contributed by atoms with van der Waals surface area (Å²) in [5.74, 6) is 0.0292. The number of rotatable bonds is 1. The number of ether oxygens (including phenoxy) is 2. The second-order valence-electron chi connectivity index (χ2n) is 5.48. The number of phenolic OH excluding ortho intramolecular Hbond substituents is 1. The van der Waals surface area contributed by atoms with Gasteiger partial charge < -0.3 is 14.6 Å². The minimum atomic E-state index is -0.232. The predicted octanol–water partition coefficient (Wildman–Crippen LogP) is 4.38. The van der Waals surface area contributed by atoms with Crippen LogP contribution in [-0.2, 0) is 9.47 Å². The highest BCUT2D eigenvalue weighted by Gasteiger charge is 2.01. The molecule has 1 heterocycles. The van der Waals surface area contributed by atoms with E-state index in [1.165, 1.54) is 12.1 Å². The van der Waals surface area contributed by atoms with Gasteiger partial charge in [0.1, 0.15) is 11.6 Å². The maximum atomic E-state index is 12.9. The van der Waals surface area contributed by atoms with Crippen LogP contribution in [0.4, 0.5) is 4.39 Å². The third kappa shape index (κ3) is 4.31. The summed E-state index contributed by atoms with van der Waals surface area (Å²) in [6.07, 6.45) is 0. The zero-order valence-corrected chi connectivity index (χ0v) is 13.2. The van der Waals surface area contributed by atoms with Crippen molar-refractivity contribution in [3.63, 3.8) is 0 Å². The molecule has 0 saturated carbocycles. The number of halogens is 1. The van der Waals surface area contributed by atoms with Gasteiger partial charge in [0.2, 0.25) is 0 Å². The Morgan fingerprint density at radius 2 is 1.21 bits per heavy atom. The highest BCUT2D eigenvalue weighted by molar-refractivity contribution is 5.88. The molecule has 3 aromatic rings. The average Bonchev–Trinajstić information content (AvgIpc) is 2.64.